The van der Waals surface area contributed by atoms with Gasteiger partial charge in [0.1, 0.15) is 17.7 Å². The van der Waals surface area contributed by atoms with E-state index in [2.05, 4.69) is 10.2 Å². The molecule has 0 aliphatic heterocycles. The zero-order valence-corrected chi connectivity index (χ0v) is 6.69. The molecule has 1 N–H and O–H groups in total. The number of nitrogens with zero attached hydrogens (tertiary/aromatic N) is 3. The zero-order chi connectivity index (χ0) is 8.77. The molecule has 0 unspecified atom stereocenters. The smallest absolute Gasteiger partial charge is 0.329 e. The maximum atomic E-state index is 10.9. The molecule has 12 heavy (non-hydrogen) atoms. The van der Waals surface area contributed by atoms with E-state index < -0.39 is 11.5 Å². The number of carbonyl (C=O) groups is 1. The van der Waals surface area contributed by atoms with E-state index >= 15 is 0 Å². The van der Waals surface area contributed by atoms with Gasteiger partial charge in [-0.05, 0) is 19.8 Å². The van der Waals surface area contributed by atoms with E-state index in [-0.39, 0.29) is 0 Å². The van der Waals surface area contributed by atoms with Crippen molar-refractivity contribution < 1.29 is 9.90 Å². The summed E-state index contributed by atoms with van der Waals surface area (Å²) in [7, 11) is 0. The minimum atomic E-state index is -0.787. The Morgan fingerprint density at radius 1 is 1.75 bits per heavy atom. The van der Waals surface area contributed by atoms with E-state index in [1.807, 2.05) is 0 Å². The number of carboxylic acids is 1. The lowest BCUT2D eigenvalue weighted by atomic mass is 10.3. The van der Waals surface area contributed by atoms with Crippen LogP contribution >= 0.6 is 0 Å². The van der Waals surface area contributed by atoms with Gasteiger partial charge in [0.15, 0.2) is 0 Å². The van der Waals surface area contributed by atoms with Gasteiger partial charge in [-0.2, -0.15) is 0 Å². The second-order valence-corrected chi connectivity index (χ2v) is 3.08. The van der Waals surface area contributed by atoms with Crippen LogP contribution in [0.4, 0.5) is 0 Å². The number of aromatic nitrogens is 3. The number of aliphatic carboxylic acids is 1. The van der Waals surface area contributed by atoms with E-state index in [1.54, 1.807) is 11.5 Å². The molecule has 0 atom stereocenters. The predicted molar refractivity (Wildman–Crippen MR) is 39.6 cm³/mol. The third kappa shape index (κ3) is 0.760. The first kappa shape index (κ1) is 7.27. The molecule has 1 aromatic heterocycles. The van der Waals surface area contributed by atoms with Crippen molar-refractivity contribution in [2.24, 2.45) is 0 Å². The highest BCUT2D eigenvalue weighted by Crippen LogP contribution is 2.43. The molecule has 0 amide bonds. The SMILES string of the molecule is Cc1nncn1C1(C(=O)O)CC1. The average molecular weight is 167 g/mol. The number of rotatable bonds is 2. The third-order valence-electron chi connectivity index (χ3n) is 2.30. The largest absolute Gasteiger partial charge is 0.479 e. The average Bonchev–Trinajstić information content (AvgIpc) is 2.71. The van der Waals surface area contributed by atoms with E-state index in [1.165, 1.54) is 6.33 Å². The van der Waals surface area contributed by atoms with E-state index in [0.29, 0.717) is 18.7 Å². The predicted octanol–water partition coefficient (Wildman–Crippen LogP) is 0.160. The summed E-state index contributed by atoms with van der Waals surface area (Å²) in [6, 6.07) is 0. The fourth-order valence-electron chi connectivity index (χ4n) is 1.39. The lowest BCUT2D eigenvalue weighted by Crippen LogP contribution is -2.27. The van der Waals surface area contributed by atoms with Crippen molar-refractivity contribution in [2.45, 2.75) is 25.3 Å². The highest BCUT2D eigenvalue weighted by atomic mass is 16.4. The maximum absolute atomic E-state index is 10.9. The molecule has 1 fully saturated rings. The molecule has 2 rings (SSSR count). The zero-order valence-electron chi connectivity index (χ0n) is 6.69. The van der Waals surface area contributed by atoms with Crippen molar-refractivity contribution in [2.75, 3.05) is 0 Å². The van der Waals surface area contributed by atoms with Crippen LogP contribution in [0.3, 0.4) is 0 Å². The maximum Gasteiger partial charge on any atom is 0.329 e. The molecule has 1 saturated carbocycles. The Bertz CT molecular complexity index is 327. The molecule has 5 nitrogen and oxygen atoms in total. The Hall–Kier alpha value is -1.39. The van der Waals surface area contributed by atoms with Gasteiger partial charge in [0, 0.05) is 0 Å². The van der Waals surface area contributed by atoms with Crippen LogP contribution in [-0.2, 0) is 10.3 Å². The molecule has 0 radical (unpaired) electrons. The van der Waals surface area contributed by atoms with Crippen molar-refractivity contribution in [3.63, 3.8) is 0 Å². The molecule has 0 aromatic carbocycles. The third-order valence-corrected chi connectivity index (χ3v) is 2.30. The fraction of sp³-hybridized carbons (Fsp3) is 0.571. The van der Waals surface area contributed by atoms with Gasteiger partial charge in [-0.25, -0.2) is 4.79 Å². The molecule has 1 aliphatic carbocycles. The first-order chi connectivity index (χ1) is 5.67. The van der Waals surface area contributed by atoms with Gasteiger partial charge in [-0.15, -0.1) is 10.2 Å². The Labute approximate surface area is 69.0 Å². The minimum absolute atomic E-state index is 0.662. The highest BCUT2D eigenvalue weighted by Gasteiger charge is 2.53. The summed E-state index contributed by atoms with van der Waals surface area (Å²) in [5.74, 6) is -0.125. The van der Waals surface area contributed by atoms with Crippen LogP contribution in [-0.4, -0.2) is 25.8 Å². The summed E-state index contributed by atoms with van der Waals surface area (Å²) in [6.45, 7) is 1.76. The van der Waals surface area contributed by atoms with Crippen LogP contribution in [0, 0.1) is 6.92 Å². The van der Waals surface area contributed by atoms with Gasteiger partial charge in [0.05, 0.1) is 0 Å². The standard InChI is InChI=1S/C7H9N3O2/c1-5-9-8-4-10(5)7(2-3-7)6(11)12/h4H,2-3H2,1H3,(H,11,12). The summed E-state index contributed by atoms with van der Waals surface area (Å²) in [5.41, 5.74) is -0.729. The van der Waals surface area contributed by atoms with Crippen molar-refractivity contribution >= 4 is 5.97 Å². The summed E-state index contributed by atoms with van der Waals surface area (Å²) >= 11 is 0. The Morgan fingerprint density at radius 3 is 2.75 bits per heavy atom. The summed E-state index contributed by atoms with van der Waals surface area (Å²) < 4.78 is 1.63. The number of aryl methyl sites for hydroxylation is 1. The molecule has 1 aliphatic rings. The Kier molecular flexibility index (Phi) is 1.25. The summed E-state index contributed by atoms with van der Waals surface area (Å²) in [5, 5.41) is 16.3. The lowest BCUT2D eigenvalue weighted by Gasteiger charge is -2.11. The molecule has 1 aromatic rings. The second kappa shape index (κ2) is 2.06. The second-order valence-electron chi connectivity index (χ2n) is 3.08. The van der Waals surface area contributed by atoms with Crippen molar-refractivity contribution in [3.8, 4) is 0 Å². The molecule has 0 spiro atoms. The van der Waals surface area contributed by atoms with Crippen molar-refractivity contribution in [1.29, 1.82) is 0 Å². The number of carboxylic acid groups (broad SMARTS) is 1. The van der Waals surface area contributed by atoms with Gasteiger partial charge >= 0.3 is 5.97 Å². The van der Waals surface area contributed by atoms with Gasteiger partial charge < -0.3 is 9.67 Å². The van der Waals surface area contributed by atoms with Crippen molar-refractivity contribution in [3.05, 3.63) is 12.2 Å². The van der Waals surface area contributed by atoms with E-state index in [4.69, 9.17) is 5.11 Å². The van der Waals surface area contributed by atoms with Gasteiger partial charge in [-0.3, -0.25) is 0 Å². The lowest BCUT2D eigenvalue weighted by molar-refractivity contribution is -0.142. The fourth-order valence-corrected chi connectivity index (χ4v) is 1.39. The van der Waals surface area contributed by atoms with Crippen LogP contribution < -0.4 is 0 Å². The topological polar surface area (TPSA) is 68.0 Å². The minimum Gasteiger partial charge on any atom is -0.479 e. The first-order valence-corrected chi connectivity index (χ1v) is 3.77. The van der Waals surface area contributed by atoms with E-state index in [0.717, 1.165) is 0 Å². The molecule has 1 heterocycles. The normalized spacial score (nSPS) is 19.1. The van der Waals surface area contributed by atoms with Crippen molar-refractivity contribution in [1.82, 2.24) is 14.8 Å². The summed E-state index contributed by atoms with van der Waals surface area (Å²) in [4.78, 5) is 10.9. The molecule has 0 saturated heterocycles. The molecule has 5 heteroatoms. The monoisotopic (exact) mass is 167 g/mol. The Balaban J connectivity index is 2.43. The van der Waals surface area contributed by atoms with Crippen LogP contribution in [0.15, 0.2) is 6.33 Å². The van der Waals surface area contributed by atoms with Gasteiger partial charge in [0.2, 0.25) is 0 Å². The summed E-state index contributed by atoms with van der Waals surface area (Å²) in [6.07, 6.45) is 2.85. The van der Waals surface area contributed by atoms with Gasteiger partial charge in [-0.1, -0.05) is 0 Å². The first-order valence-electron chi connectivity index (χ1n) is 3.77. The van der Waals surface area contributed by atoms with Gasteiger partial charge in [0.25, 0.3) is 0 Å². The molecule has 0 bridgehead atoms. The Morgan fingerprint density at radius 2 is 2.42 bits per heavy atom. The van der Waals surface area contributed by atoms with Crippen LogP contribution in [0.2, 0.25) is 0 Å². The van der Waals surface area contributed by atoms with Crippen LogP contribution in [0.5, 0.6) is 0 Å². The molecular weight excluding hydrogens is 158 g/mol. The quantitative estimate of drug-likeness (QED) is 0.681. The van der Waals surface area contributed by atoms with Crippen LogP contribution in [0.1, 0.15) is 18.7 Å². The number of hydrogen-bond donors (Lipinski definition) is 1. The number of hydrogen-bond acceptors (Lipinski definition) is 3. The van der Waals surface area contributed by atoms with E-state index in [9.17, 15) is 4.79 Å². The highest BCUT2D eigenvalue weighted by molar-refractivity contribution is 5.80. The molecular formula is C7H9N3O2. The molecule has 64 valence electrons. The van der Waals surface area contributed by atoms with Crippen LogP contribution in [0.25, 0.3) is 0 Å².